The average molecular weight is 584 g/mol. The molecule has 0 bridgehead atoms. The highest BCUT2D eigenvalue weighted by Crippen LogP contribution is 2.34. The van der Waals surface area contributed by atoms with Gasteiger partial charge in [0.15, 0.2) is 0 Å². The summed E-state index contributed by atoms with van der Waals surface area (Å²) in [7, 11) is 0. The van der Waals surface area contributed by atoms with Crippen LogP contribution in [0.3, 0.4) is 0 Å². The van der Waals surface area contributed by atoms with E-state index in [0.29, 0.717) is 23.6 Å². The minimum atomic E-state index is -1.41. The van der Waals surface area contributed by atoms with E-state index in [-0.39, 0.29) is 37.3 Å². The number of aromatic carboxylic acids is 1. The van der Waals surface area contributed by atoms with Crippen LogP contribution in [0.4, 0.5) is 0 Å². The molecular weight excluding hydrogens is 554 g/mol. The predicted molar refractivity (Wildman–Crippen MR) is 160 cm³/mol. The lowest BCUT2D eigenvalue weighted by Crippen LogP contribution is -2.55. The summed E-state index contributed by atoms with van der Waals surface area (Å²) in [4.78, 5) is 37.1. The minimum Gasteiger partial charge on any atom is -0.489 e. The molecule has 0 aromatic heterocycles. The van der Waals surface area contributed by atoms with Gasteiger partial charge in [-0.2, -0.15) is 0 Å². The highest BCUT2D eigenvalue weighted by molar-refractivity contribution is 6.17. The molecule has 42 heavy (non-hydrogen) atoms. The topological polar surface area (TPSA) is 113 Å². The lowest BCUT2D eigenvalue weighted by atomic mass is 9.95. The fourth-order valence-corrected chi connectivity index (χ4v) is 5.52. The number of rotatable bonds is 10. The summed E-state index contributed by atoms with van der Waals surface area (Å²) in [6.45, 7) is 0.0877. The lowest BCUT2D eigenvalue weighted by Gasteiger charge is -2.25. The van der Waals surface area contributed by atoms with E-state index < -0.39 is 17.5 Å². The predicted octanol–water partition coefficient (Wildman–Crippen LogP) is 6.21. The van der Waals surface area contributed by atoms with E-state index in [9.17, 15) is 24.6 Å². The third-order valence-corrected chi connectivity index (χ3v) is 7.90. The number of hydrogen-bond donors (Lipinski definition) is 3. The van der Waals surface area contributed by atoms with Crippen LogP contribution in [-0.4, -0.2) is 33.6 Å². The normalized spacial score (nSPS) is 17.5. The summed E-state index contributed by atoms with van der Waals surface area (Å²) in [5.74, 6) is -1.48. The zero-order valence-electron chi connectivity index (χ0n) is 22.8. The van der Waals surface area contributed by atoms with Crippen LogP contribution in [0.1, 0.15) is 45.5 Å². The number of ether oxygens (including phenoxy) is 1. The van der Waals surface area contributed by atoms with Crippen molar-refractivity contribution in [3.63, 3.8) is 0 Å². The molecular formula is C34H30ClNO6. The maximum Gasteiger partial charge on any atom is 0.336 e. The van der Waals surface area contributed by atoms with Crippen molar-refractivity contribution in [2.75, 3.05) is 0 Å². The van der Waals surface area contributed by atoms with Crippen molar-refractivity contribution in [3.05, 3.63) is 130 Å². The van der Waals surface area contributed by atoms with E-state index in [4.69, 9.17) is 16.3 Å². The molecule has 0 saturated carbocycles. The number of halogens is 1. The Labute approximate surface area is 248 Å². The van der Waals surface area contributed by atoms with E-state index in [0.717, 1.165) is 33.4 Å². The van der Waals surface area contributed by atoms with Crippen molar-refractivity contribution in [2.24, 2.45) is 0 Å². The summed E-state index contributed by atoms with van der Waals surface area (Å²) in [6, 6.07) is 20.5. The van der Waals surface area contributed by atoms with Crippen molar-refractivity contribution in [1.82, 2.24) is 5.32 Å². The smallest absolute Gasteiger partial charge is 0.336 e. The first-order valence-electron chi connectivity index (χ1n) is 13.6. The summed E-state index contributed by atoms with van der Waals surface area (Å²) < 4.78 is 5.82. The Balaban J connectivity index is 1.24. The van der Waals surface area contributed by atoms with E-state index in [1.807, 2.05) is 48.5 Å². The molecule has 0 fully saturated rings. The van der Waals surface area contributed by atoms with Gasteiger partial charge in [0.25, 0.3) is 0 Å². The number of amides is 1. The fourth-order valence-electron chi connectivity index (χ4n) is 5.35. The molecule has 0 heterocycles. The Kier molecular flexibility index (Phi) is 8.59. The number of benzene rings is 3. The first kappa shape index (κ1) is 28.9. The van der Waals surface area contributed by atoms with Gasteiger partial charge in [0.2, 0.25) is 5.91 Å². The van der Waals surface area contributed by atoms with Crippen LogP contribution in [0.25, 0.3) is 11.1 Å². The molecule has 3 N–H and O–H groups in total. The van der Waals surface area contributed by atoms with Crippen molar-refractivity contribution < 1.29 is 29.3 Å². The molecule has 1 unspecified atom stereocenters. The maximum atomic E-state index is 13.1. The molecule has 0 saturated heterocycles. The Bertz CT molecular complexity index is 1620. The largest absolute Gasteiger partial charge is 0.489 e. The quantitative estimate of drug-likeness (QED) is 0.245. The Morgan fingerprint density at radius 3 is 2.38 bits per heavy atom. The molecule has 214 valence electrons. The molecule has 3 aromatic rings. The highest BCUT2D eigenvalue weighted by Gasteiger charge is 2.45. The summed E-state index contributed by atoms with van der Waals surface area (Å²) in [5.41, 5.74) is 4.95. The molecule has 1 atom stereocenters. The monoisotopic (exact) mass is 583 g/mol. The number of fused-ring (bicyclic) bond motifs is 1. The van der Waals surface area contributed by atoms with Crippen molar-refractivity contribution in [1.29, 1.82) is 0 Å². The van der Waals surface area contributed by atoms with Gasteiger partial charge >= 0.3 is 11.9 Å². The summed E-state index contributed by atoms with van der Waals surface area (Å²) >= 11 is 5.91. The third kappa shape index (κ3) is 6.47. The van der Waals surface area contributed by atoms with Gasteiger partial charge in [0, 0.05) is 30.7 Å². The first-order valence-corrected chi connectivity index (χ1v) is 14.1. The van der Waals surface area contributed by atoms with E-state index in [1.165, 1.54) is 6.07 Å². The number of carboxylic acid groups (broad SMARTS) is 2. The molecule has 3 aromatic carbocycles. The Hall–Kier alpha value is -4.62. The van der Waals surface area contributed by atoms with Gasteiger partial charge < -0.3 is 20.3 Å². The highest BCUT2D eigenvalue weighted by atomic mass is 35.5. The van der Waals surface area contributed by atoms with Crippen LogP contribution in [0, 0.1) is 0 Å². The van der Waals surface area contributed by atoms with Crippen molar-refractivity contribution in [2.45, 2.75) is 43.7 Å². The molecule has 7 nitrogen and oxygen atoms in total. The van der Waals surface area contributed by atoms with Gasteiger partial charge in [0.05, 0.1) is 5.56 Å². The Morgan fingerprint density at radius 2 is 1.64 bits per heavy atom. The molecule has 5 rings (SSSR count). The number of alkyl halides is 1. The van der Waals surface area contributed by atoms with E-state index >= 15 is 0 Å². The zero-order chi connectivity index (χ0) is 29.7. The number of carbonyl (C=O) groups excluding carboxylic acids is 1. The fraction of sp³-hybridized carbons (Fsp3) is 0.206. The molecule has 2 aliphatic rings. The number of hydrogen-bond acceptors (Lipinski definition) is 4. The number of carbonyl (C=O) groups is 3. The second-order valence-corrected chi connectivity index (χ2v) is 10.8. The first-order chi connectivity index (χ1) is 20.3. The van der Waals surface area contributed by atoms with Crippen LogP contribution >= 0.6 is 11.6 Å². The van der Waals surface area contributed by atoms with Gasteiger partial charge in [-0.15, -0.1) is 11.6 Å². The standard InChI is InChI=1S/C34H30ClNO6/c35-20-23-8-11-24(12-9-23)25-13-14-26-18-34(33(40)41,19-28(26)17-25)36-31(37)16-22-4-3-6-29(15-10-22)42-21-27-5-1-2-7-30(27)32(38)39/h1-3,5-15,17H,4,16,18-21H2,(H,36,37)(H,38,39)(H,40,41). The molecule has 2 aliphatic carbocycles. The van der Waals surface area contributed by atoms with Gasteiger partial charge in [-0.3, -0.25) is 4.79 Å². The van der Waals surface area contributed by atoms with Crippen molar-refractivity contribution >= 4 is 29.4 Å². The zero-order valence-corrected chi connectivity index (χ0v) is 23.6. The van der Waals surface area contributed by atoms with E-state index in [2.05, 4.69) is 5.32 Å². The molecule has 0 spiro atoms. The average Bonchev–Trinajstić information content (AvgIpc) is 3.22. The number of nitrogens with one attached hydrogen (secondary N) is 1. The third-order valence-electron chi connectivity index (χ3n) is 7.60. The van der Waals surface area contributed by atoms with Crippen LogP contribution < -0.4 is 5.32 Å². The molecule has 1 amide bonds. The van der Waals surface area contributed by atoms with Crippen LogP contribution in [0.5, 0.6) is 0 Å². The maximum absolute atomic E-state index is 13.1. The van der Waals surface area contributed by atoms with Crippen molar-refractivity contribution in [3.8, 4) is 11.1 Å². The minimum absolute atomic E-state index is 0.0412. The lowest BCUT2D eigenvalue weighted by molar-refractivity contribution is -0.147. The molecule has 8 heteroatoms. The van der Waals surface area contributed by atoms with Crippen LogP contribution in [0.15, 0.2) is 102 Å². The van der Waals surface area contributed by atoms with Gasteiger partial charge in [-0.05, 0) is 52.5 Å². The van der Waals surface area contributed by atoms with E-state index in [1.54, 1.807) is 36.4 Å². The van der Waals surface area contributed by atoms with Gasteiger partial charge in [-0.25, -0.2) is 9.59 Å². The SMILES string of the molecule is O=C(CC1=CC=C(OCc2ccccc2C(=O)O)C=CC1)NC1(C(=O)O)Cc2ccc(-c3ccc(CCl)cc3)cc2C1. The van der Waals surface area contributed by atoms with Gasteiger partial charge in [-0.1, -0.05) is 78.4 Å². The second kappa shape index (κ2) is 12.5. The van der Waals surface area contributed by atoms with Gasteiger partial charge in [0.1, 0.15) is 17.9 Å². The molecule has 0 radical (unpaired) electrons. The summed E-state index contributed by atoms with van der Waals surface area (Å²) in [6.07, 6.45) is 8.10. The number of aliphatic carboxylic acids is 1. The number of allylic oxidation sites excluding steroid dienone is 4. The van der Waals surface area contributed by atoms with Crippen LogP contribution in [0.2, 0.25) is 0 Å². The Morgan fingerprint density at radius 1 is 0.905 bits per heavy atom. The second-order valence-electron chi connectivity index (χ2n) is 10.5. The molecule has 0 aliphatic heterocycles. The van der Waals surface area contributed by atoms with Crippen LogP contribution in [-0.2, 0) is 39.7 Å². The number of carboxylic acids is 2. The summed E-state index contributed by atoms with van der Waals surface area (Å²) in [5, 5.41) is 22.4.